The van der Waals surface area contributed by atoms with Gasteiger partial charge in [-0.1, -0.05) is 25.5 Å². The molecule has 0 radical (unpaired) electrons. The van der Waals surface area contributed by atoms with Crippen molar-refractivity contribution in [2.75, 3.05) is 111 Å². The number of benzene rings is 5. The third-order valence-electron chi connectivity index (χ3n) is 21.0. The lowest BCUT2D eigenvalue weighted by molar-refractivity contribution is 0.208. The van der Waals surface area contributed by atoms with Crippen LogP contribution in [0.5, 0.6) is 0 Å². The summed E-state index contributed by atoms with van der Waals surface area (Å²) in [5.74, 6) is 7.13. The monoisotopic (exact) mass is 1490 g/mol. The number of hydrogen-bond acceptors (Lipinski definition) is 17. The topological polar surface area (TPSA) is 243 Å². The molecule has 109 heavy (non-hydrogen) atoms. The van der Waals surface area contributed by atoms with E-state index in [2.05, 4.69) is 124 Å². The van der Waals surface area contributed by atoms with Gasteiger partial charge in [-0.05, 0) is 227 Å². The van der Waals surface area contributed by atoms with Gasteiger partial charge in [-0.25, -0.2) is 48.1 Å². The van der Waals surface area contributed by atoms with E-state index in [9.17, 15) is 28.5 Å². The molecule has 4 fully saturated rings. The maximum absolute atomic E-state index is 13.3. The smallest absolute Gasteiger partial charge is 0.140 e. The van der Waals surface area contributed by atoms with E-state index >= 15 is 0 Å². The maximum atomic E-state index is 13.3. The average Bonchev–Trinajstić information content (AvgIpc) is 1.61. The molecule has 0 bridgehead atoms. The van der Waals surface area contributed by atoms with Gasteiger partial charge in [-0.2, -0.15) is 0 Å². The largest absolute Gasteiger partial charge is 0.396 e. The van der Waals surface area contributed by atoms with Gasteiger partial charge in [0, 0.05) is 152 Å². The van der Waals surface area contributed by atoms with Gasteiger partial charge in [0.1, 0.15) is 58.2 Å². The van der Waals surface area contributed by atoms with E-state index in [0.29, 0.717) is 34.6 Å². The number of fused-ring (bicyclic) bond motifs is 4. The summed E-state index contributed by atoms with van der Waals surface area (Å²) in [6.45, 7) is 13.1. The van der Waals surface area contributed by atoms with E-state index in [1.54, 1.807) is 30.7 Å². The molecule has 564 valence electrons. The number of nitrogens with one attached hydrogen (secondary N) is 4. The van der Waals surface area contributed by atoms with Crippen LogP contribution in [0.25, 0.3) is 78.7 Å². The first kappa shape index (κ1) is 75.0. The molecule has 0 saturated carbocycles. The number of imidazole rings is 4. The minimum atomic E-state index is -0.283. The molecule has 18 rings (SSSR count). The Hall–Kier alpha value is -10.8. The Balaban J connectivity index is 0.000000114. The van der Waals surface area contributed by atoms with Crippen molar-refractivity contribution in [1.82, 2.24) is 54.8 Å². The van der Waals surface area contributed by atoms with Crippen LogP contribution in [0, 0.1) is 48.0 Å². The van der Waals surface area contributed by atoms with Crippen molar-refractivity contribution in [2.45, 2.75) is 78.1 Å². The quantitative estimate of drug-likeness (QED) is 0.0535. The van der Waals surface area contributed by atoms with Gasteiger partial charge >= 0.3 is 0 Å². The van der Waals surface area contributed by atoms with Crippen molar-refractivity contribution in [3.63, 3.8) is 0 Å². The van der Waals surface area contributed by atoms with Crippen LogP contribution in [0.4, 0.5) is 47.0 Å². The number of aliphatic hydroxyl groups excluding tert-OH is 3. The molecular formula is C85H94F3N17O3S. The van der Waals surface area contributed by atoms with E-state index in [1.807, 2.05) is 109 Å². The third kappa shape index (κ3) is 18.7. The Bertz CT molecular complexity index is 5000. The van der Waals surface area contributed by atoms with Gasteiger partial charge in [-0.15, -0.1) is 11.3 Å². The molecule has 13 aromatic rings. The first-order chi connectivity index (χ1) is 53.2. The van der Waals surface area contributed by atoms with E-state index in [0.717, 1.165) is 199 Å². The Kier molecular flexibility index (Phi) is 24.1. The van der Waals surface area contributed by atoms with E-state index in [1.165, 1.54) is 77.6 Å². The van der Waals surface area contributed by atoms with Crippen molar-refractivity contribution in [1.29, 1.82) is 0 Å². The molecule has 24 heteroatoms. The summed E-state index contributed by atoms with van der Waals surface area (Å²) >= 11 is 1.83. The second-order valence-corrected chi connectivity index (χ2v) is 30.2. The number of piperidine rings is 4. The minimum Gasteiger partial charge on any atom is -0.396 e. The molecule has 20 nitrogen and oxygen atoms in total. The number of aromatic nitrogens is 11. The first-order valence-corrected chi connectivity index (χ1v) is 38.7. The van der Waals surface area contributed by atoms with Crippen LogP contribution < -0.4 is 24.5 Å². The minimum absolute atomic E-state index is 0.209. The van der Waals surface area contributed by atoms with Gasteiger partial charge in [-0.3, -0.25) is 4.99 Å². The molecule has 4 unspecified atom stereocenters. The van der Waals surface area contributed by atoms with Crippen LogP contribution >= 0.6 is 11.3 Å². The van der Waals surface area contributed by atoms with Gasteiger partial charge in [0.25, 0.3) is 0 Å². The highest BCUT2D eigenvalue weighted by Crippen LogP contribution is 2.37. The third-order valence-corrected chi connectivity index (χ3v) is 22.2. The predicted octanol–water partition coefficient (Wildman–Crippen LogP) is 16.4. The van der Waals surface area contributed by atoms with Crippen LogP contribution in [0.15, 0.2) is 182 Å². The fraction of sp³-hybridized carbons (Fsp3) is 0.341. The van der Waals surface area contributed by atoms with E-state index in [4.69, 9.17) is 0 Å². The zero-order chi connectivity index (χ0) is 75.3. The first-order valence-electron chi connectivity index (χ1n) is 37.9. The molecule has 7 N–H and O–H groups in total. The van der Waals surface area contributed by atoms with Crippen molar-refractivity contribution < 1.29 is 28.5 Å². The van der Waals surface area contributed by atoms with Gasteiger partial charge in [0.2, 0.25) is 0 Å². The number of pyridine rings is 3. The highest BCUT2D eigenvalue weighted by molar-refractivity contribution is 7.18. The number of aromatic amines is 4. The van der Waals surface area contributed by atoms with Gasteiger partial charge < -0.3 is 59.8 Å². The van der Waals surface area contributed by atoms with E-state index in [-0.39, 0.29) is 37.3 Å². The summed E-state index contributed by atoms with van der Waals surface area (Å²) in [5, 5.41) is 29.3. The number of thiophene rings is 1. The zero-order valence-electron chi connectivity index (χ0n) is 62.1. The number of aryl methyl sites for hydroxylation is 1. The maximum Gasteiger partial charge on any atom is 0.140 e. The molecule has 5 aliphatic heterocycles. The summed E-state index contributed by atoms with van der Waals surface area (Å²) < 4.78 is 39.8. The number of halogens is 3. The van der Waals surface area contributed by atoms with Gasteiger partial charge in [0.15, 0.2) is 0 Å². The molecule has 4 saturated heterocycles. The summed E-state index contributed by atoms with van der Waals surface area (Å²) in [5.41, 5.74) is 14.1. The van der Waals surface area contributed by atoms with Crippen molar-refractivity contribution in [3.8, 4) is 45.6 Å². The lowest BCUT2D eigenvalue weighted by Crippen LogP contribution is -2.37. The number of nitrogens with zero attached hydrogens (tertiary/aromatic N) is 13. The molecule has 13 heterocycles. The highest BCUT2D eigenvalue weighted by atomic mass is 32.1. The molecule has 4 atom stereocenters. The Morgan fingerprint density at radius 2 is 0.927 bits per heavy atom. The number of anilines is 5. The number of H-pyrrole nitrogens is 4. The van der Waals surface area contributed by atoms with Gasteiger partial charge in [0.05, 0.1) is 54.4 Å². The Morgan fingerprint density at radius 1 is 0.477 bits per heavy atom. The molecule has 0 aliphatic carbocycles. The molecular weight excluding hydrogens is 1400 g/mol. The summed E-state index contributed by atoms with van der Waals surface area (Å²) in [7, 11) is 4.00. The Morgan fingerprint density at radius 3 is 1.40 bits per heavy atom. The molecule has 5 aliphatic rings. The number of hydrogen-bond donors (Lipinski definition) is 7. The van der Waals surface area contributed by atoms with E-state index < -0.39 is 0 Å². The summed E-state index contributed by atoms with van der Waals surface area (Å²) in [6, 6.07) is 44.8. The number of rotatable bonds is 14. The number of aliphatic imine (C=N–C) groups is 1. The fourth-order valence-corrected chi connectivity index (χ4v) is 15.8. The molecule has 8 aromatic heterocycles. The summed E-state index contributed by atoms with van der Waals surface area (Å²) in [6.07, 6.45) is 20.4. The van der Waals surface area contributed by atoms with Crippen molar-refractivity contribution in [3.05, 3.63) is 210 Å². The normalized spacial score (nSPS) is 17.7. The average molecular weight is 1490 g/mol. The van der Waals surface area contributed by atoms with Crippen LogP contribution in [0.1, 0.15) is 80.7 Å². The lowest BCUT2D eigenvalue weighted by atomic mass is 9.96. The highest BCUT2D eigenvalue weighted by Gasteiger charge is 2.26. The predicted molar refractivity (Wildman–Crippen MR) is 433 cm³/mol. The van der Waals surface area contributed by atoms with Crippen LogP contribution in [-0.4, -0.2) is 162 Å². The molecule has 5 aromatic carbocycles. The van der Waals surface area contributed by atoms with Crippen molar-refractivity contribution >= 4 is 84.0 Å². The standard InChI is InChI=1S/C19H21FN2S.C19H22N4O.C18H19FN4O.C15H14FN3.C14H18N4O/c1-2-13-4-3-9-22(12-13)19-8-7-18(23-19)17-10-14-5-6-15(20)11-16(14)21-17;1-13-4-6-16-17(9-13)22-19(21-16)15-5-7-18(20-10-15)23-8-2-3-14(11-23)12-24;19-14-4-5-15-16(8-14)22-18(21-15)13-3-6-17(20-9-13)23-7-1-2-12(10-23)11-24;1-19(2)12-6-3-10(4-7-12)15-17-13-8-5-11(16)9-14(13)18-15;19-10-11-2-1-7-18(9-11)13-4-3-12(8-17-13)14-15-5-6-16-14/h5-8,11,13H,2-4,9-10,12H2,1H3;4-7,9-10,14,24H,2-3,8,11-12H2,1H3,(H,21,22);3-6,8-9,12,24H,1-2,7,10-11H2,(H,21,22);3-9H,1-2H3,(H,17,18);3-6,8,11,19H,1-2,7,9-10H2,(H,15,16). The zero-order valence-corrected chi connectivity index (χ0v) is 62.9. The lowest BCUT2D eigenvalue weighted by Gasteiger charge is -2.32. The molecule has 0 spiro atoms. The SMILES string of the molecule is CCC1CCCN(c2ccc(C3=Nc4cc(F)ccc4C3)s2)C1.CN(C)c1ccc(-c2nc3ccc(F)cc3[nH]2)cc1.Cc1ccc2nc(-c3ccc(N4CCCC(CO)C4)nc3)[nH]c2c1.OCC1CCCN(c2ccc(-c3nc4ccc(F)cc4[nH]3)cn2)C1.OCC1CCCN(c2ccc(-c3ncc[nH]3)cn2)C1. The van der Waals surface area contributed by atoms with Crippen LogP contribution in [-0.2, 0) is 6.42 Å². The van der Waals surface area contributed by atoms with Crippen LogP contribution in [0.2, 0.25) is 0 Å². The number of aliphatic hydroxyl groups is 3. The van der Waals surface area contributed by atoms with Crippen molar-refractivity contribution in [2.24, 2.45) is 28.7 Å². The second kappa shape index (κ2) is 35.1. The van der Waals surface area contributed by atoms with Crippen LogP contribution in [0.3, 0.4) is 0 Å². The Labute approximate surface area is 637 Å². The summed E-state index contributed by atoms with van der Waals surface area (Å²) in [4.78, 5) is 61.3. The molecule has 0 amide bonds. The fourth-order valence-electron chi connectivity index (χ4n) is 14.8. The second-order valence-electron chi connectivity index (χ2n) is 29.1.